The van der Waals surface area contributed by atoms with Crippen molar-refractivity contribution in [2.75, 3.05) is 20.3 Å². The molecule has 1 aliphatic carbocycles. The molecule has 0 unspecified atom stereocenters. The maximum Gasteiger partial charge on any atom is 0.404 e. The van der Waals surface area contributed by atoms with E-state index in [-0.39, 0.29) is 5.41 Å². The molecule has 1 amide bonds. The third-order valence-electron chi connectivity index (χ3n) is 2.73. The quantitative estimate of drug-likeness (QED) is 0.700. The van der Waals surface area contributed by atoms with Crippen molar-refractivity contribution < 1.29 is 14.6 Å². The number of ether oxygens (including phenoxy) is 1. The summed E-state index contributed by atoms with van der Waals surface area (Å²) < 4.78 is 5.13. The summed E-state index contributed by atoms with van der Waals surface area (Å²) in [6.07, 6.45) is 3.57. The fraction of sp³-hybridized carbons (Fsp3) is 0.889. The van der Waals surface area contributed by atoms with Crippen LogP contribution in [-0.4, -0.2) is 31.5 Å². The summed E-state index contributed by atoms with van der Waals surface area (Å²) in [5, 5.41) is 11.0. The number of hydrogen-bond donors (Lipinski definition) is 2. The molecular formula is C9H17NO3. The van der Waals surface area contributed by atoms with Gasteiger partial charge in [-0.25, -0.2) is 4.79 Å². The topological polar surface area (TPSA) is 58.6 Å². The smallest absolute Gasteiger partial charge is 0.404 e. The van der Waals surface area contributed by atoms with Crippen molar-refractivity contribution >= 4 is 6.09 Å². The van der Waals surface area contributed by atoms with Crippen LogP contribution in [0.2, 0.25) is 0 Å². The first kappa shape index (κ1) is 10.3. The van der Waals surface area contributed by atoms with Gasteiger partial charge in [0.05, 0.1) is 6.61 Å². The Morgan fingerprint density at radius 1 is 1.54 bits per heavy atom. The van der Waals surface area contributed by atoms with Crippen molar-refractivity contribution in [1.82, 2.24) is 5.32 Å². The summed E-state index contributed by atoms with van der Waals surface area (Å²) in [7, 11) is 1.67. The highest BCUT2D eigenvalue weighted by atomic mass is 16.5. The number of nitrogens with one attached hydrogen (secondary N) is 1. The number of carboxylic acid groups (broad SMARTS) is 1. The van der Waals surface area contributed by atoms with E-state index < -0.39 is 6.09 Å². The lowest BCUT2D eigenvalue weighted by atomic mass is 9.87. The van der Waals surface area contributed by atoms with Crippen LogP contribution in [0.3, 0.4) is 0 Å². The van der Waals surface area contributed by atoms with E-state index in [1.807, 2.05) is 0 Å². The Hall–Kier alpha value is -0.770. The van der Waals surface area contributed by atoms with Gasteiger partial charge < -0.3 is 15.2 Å². The second-order valence-corrected chi connectivity index (χ2v) is 3.80. The van der Waals surface area contributed by atoms with Gasteiger partial charge >= 0.3 is 6.09 Å². The van der Waals surface area contributed by atoms with Crippen LogP contribution in [0.25, 0.3) is 0 Å². The monoisotopic (exact) mass is 187 g/mol. The molecular weight excluding hydrogens is 170 g/mol. The zero-order valence-corrected chi connectivity index (χ0v) is 8.01. The first-order chi connectivity index (χ1) is 6.18. The fourth-order valence-electron chi connectivity index (χ4n) is 2.07. The van der Waals surface area contributed by atoms with Gasteiger partial charge in [0.1, 0.15) is 0 Å². The second kappa shape index (κ2) is 4.46. The van der Waals surface area contributed by atoms with Crippen molar-refractivity contribution in [3.63, 3.8) is 0 Å². The van der Waals surface area contributed by atoms with Gasteiger partial charge in [-0.05, 0) is 12.8 Å². The van der Waals surface area contributed by atoms with Crippen molar-refractivity contribution in [2.45, 2.75) is 25.7 Å². The molecule has 0 aromatic rings. The Bertz CT molecular complexity index is 176. The van der Waals surface area contributed by atoms with E-state index in [1.165, 1.54) is 12.8 Å². The van der Waals surface area contributed by atoms with Gasteiger partial charge in [0.15, 0.2) is 0 Å². The molecule has 0 atom stereocenters. The van der Waals surface area contributed by atoms with E-state index in [0.717, 1.165) is 12.8 Å². The van der Waals surface area contributed by atoms with E-state index >= 15 is 0 Å². The average molecular weight is 187 g/mol. The summed E-state index contributed by atoms with van der Waals surface area (Å²) >= 11 is 0. The molecule has 2 N–H and O–H groups in total. The van der Waals surface area contributed by atoms with E-state index in [9.17, 15) is 4.79 Å². The van der Waals surface area contributed by atoms with E-state index in [1.54, 1.807) is 7.11 Å². The SMILES string of the molecule is COCC1(CNC(=O)O)CCCC1. The fourth-order valence-corrected chi connectivity index (χ4v) is 2.07. The molecule has 1 rings (SSSR count). The van der Waals surface area contributed by atoms with E-state index in [4.69, 9.17) is 9.84 Å². The number of carbonyl (C=O) groups is 1. The van der Waals surface area contributed by atoms with Crippen LogP contribution in [0.15, 0.2) is 0 Å². The molecule has 0 spiro atoms. The minimum Gasteiger partial charge on any atom is -0.465 e. The lowest BCUT2D eigenvalue weighted by Gasteiger charge is -2.27. The average Bonchev–Trinajstić information content (AvgIpc) is 2.51. The van der Waals surface area contributed by atoms with Crippen LogP contribution < -0.4 is 5.32 Å². The number of rotatable bonds is 4. The molecule has 1 fully saturated rings. The molecule has 0 bridgehead atoms. The first-order valence-electron chi connectivity index (χ1n) is 4.64. The summed E-state index contributed by atoms with van der Waals surface area (Å²) in [6.45, 7) is 1.18. The molecule has 76 valence electrons. The van der Waals surface area contributed by atoms with Gasteiger partial charge in [0.2, 0.25) is 0 Å². The van der Waals surface area contributed by atoms with Crippen LogP contribution in [0.5, 0.6) is 0 Å². The predicted molar refractivity (Wildman–Crippen MR) is 48.8 cm³/mol. The third kappa shape index (κ3) is 2.88. The molecule has 0 radical (unpaired) electrons. The molecule has 0 aromatic heterocycles. The minimum atomic E-state index is -0.942. The van der Waals surface area contributed by atoms with Crippen LogP contribution in [0.1, 0.15) is 25.7 Å². The summed E-state index contributed by atoms with van der Waals surface area (Å²) in [4.78, 5) is 10.4. The molecule has 1 saturated carbocycles. The zero-order chi connectivity index (χ0) is 9.73. The largest absolute Gasteiger partial charge is 0.465 e. The molecule has 13 heavy (non-hydrogen) atoms. The van der Waals surface area contributed by atoms with Gasteiger partial charge in [-0.1, -0.05) is 12.8 Å². The second-order valence-electron chi connectivity index (χ2n) is 3.80. The highest BCUT2D eigenvalue weighted by Gasteiger charge is 2.34. The van der Waals surface area contributed by atoms with Gasteiger partial charge in [-0.2, -0.15) is 0 Å². The highest BCUT2D eigenvalue weighted by Crippen LogP contribution is 2.37. The van der Waals surface area contributed by atoms with Gasteiger partial charge in [0.25, 0.3) is 0 Å². The molecule has 0 saturated heterocycles. The van der Waals surface area contributed by atoms with Gasteiger partial charge in [-0.15, -0.1) is 0 Å². The molecule has 0 aliphatic heterocycles. The summed E-state index contributed by atoms with van der Waals surface area (Å²) in [5.41, 5.74) is 0.0626. The maximum atomic E-state index is 10.4. The van der Waals surface area contributed by atoms with Crippen LogP contribution >= 0.6 is 0 Å². The third-order valence-corrected chi connectivity index (χ3v) is 2.73. The number of methoxy groups -OCH3 is 1. The zero-order valence-electron chi connectivity index (χ0n) is 8.01. The standard InChI is InChI=1S/C9H17NO3/c1-13-7-9(4-2-3-5-9)6-10-8(11)12/h10H,2-7H2,1H3,(H,11,12). The summed E-state index contributed by atoms with van der Waals surface area (Å²) in [5.74, 6) is 0. The first-order valence-corrected chi connectivity index (χ1v) is 4.64. The van der Waals surface area contributed by atoms with E-state index in [0.29, 0.717) is 13.2 Å². The number of amides is 1. The van der Waals surface area contributed by atoms with Gasteiger partial charge in [-0.3, -0.25) is 0 Å². The Morgan fingerprint density at radius 2 is 2.15 bits per heavy atom. The highest BCUT2D eigenvalue weighted by molar-refractivity contribution is 5.64. The van der Waals surface area contributed by atoms with Crippen LogP contribution in [0, 0.1) is 5.41 Å². The molecule has 0 heterocycles. The Balaban J connectivity index is 2.41. The van der Waals surface area contributed by atoms with Crippen molar-refractivity contribution in [2.24, 2.45) is 5.41 Å². The maximum absolute atomic E-state index is 10.4. The molecule has 4 nitrogen and oxygen atoms in total. The van der Waals surface area contributed by atoms with Gasteiger partial charge in [0, 0.05) is 19.1 Å². The van der Waals surface area contributed by atoms with Crippen molar-refractivity contribution in [3.8, 4) is 0 Å². The molecule has 1 aliphatic rings. The lowest BCUT2D eigenvalue weighted by molar-refractivity contribution is 0.0819. The lowest BCUT2D eigenvalue weighted by Crippen LogP contribution is -2.38. The Morgan fingerprint density at radius 3 is 2.62 bits per heavy atom. The van der Waals surface area contributed by atoms with Crippen LogP contribution in [-0.2, 0) is 4.74 Å². The Labute approximate surface area is 78.3 Å². The van der Waals surface area contributed by atoms with Crippen molar-refractivity contribution in [1.29, 1.82) is 0 Å². The normalized spacial score (nSPS) is 20.1. The van der Waals surface area contributed by atoms with Crippen LogP contribution in [0.4, 0.5) is 4.79 Å². The molecule has 0 aromatic carbocycles. The van der Waals surface area contributed by atoms with Crippen molar-refractivity contribution in [3.05, 3.63) is 0 Å². The predicted octanol–water partition coefficient (Wildman–Crippen LogP) is 1.46. The number of hydrogen-bond acceptors (Lipinski definition) is 2. The van der Waals surface area contributed by atoms with E-state index in [2.05, 4.69) is 5.32 Å². The minimum absolute atomic E-state index is 0.0626. The summed E-state index contributed by atoms with van der Waals surface area (Å²) in [6, 6.07) is 0. The Kier molecular flexibility index (Phi) is 3.54. The molecule has 4 heteroatoms.